The summed E-state index contributed by atoms with van der Waals surface area (Å²) in [6.07, 6.45) is 3.52. The Morgan fingerprint density at radius 1 is 1.10 bits per heavy atom. The third-order valence-corrected chi connectivity index (χ3v) is 7.70. The van der Waals surface area contributed by atoms with Crippen LogP contribution in [0, 0.1) is 0 Å². The number of hydrogen-bond acceptors (Lipinski definition) is 6. The van der Waals surface area contributed by atoms with E-state index in [2.05, 4.69) is 16.3 Å². The smallest absolute Gasteiger partial charge is 0.325 e. The molecule has 4 amide bonds. The van der Waals surface area contributed by atoms with E-state index in [1.807, 2.05) is 23.1 Å². The van der Waals surface area contributed by atoms with Gasteiger partial charge in [0.15, 0.2) is 0 Å². The first-order valence-corrected chi connectivity index (χ1v) is 11.8. The van der Waals surface area contributed by atoms with E-state index in [9.17, 15) is 14.4 Å². The van der Waals surface area contributed by atoms with Crippen molar-refractivity contribution in [3.8, 4) is 0 Å². The molecule has 3 heterocycles. The normalized spacial score (nSPS) is 21.4. The van der Waals surface area contributed by atoms with Crippen LogP contribution in [-0.4, -0.2) is 75.8 Å². The SMILES string of the molecule is O=C(CCN1C(=O)NC2(CCCC2)C1=O)N1CCN(Cc2nc3ccccc3s2)CC1. The number of urea groups is 1. The largest absolute Gasteiger partial charge is 0.340 e. The third-order valence-electron chi connectivity index (χ3n) is 6.67. The molecule has 1 aromatic carbocycles. The fourth-order valence-corrected chi connectivity index (χ4v) is 5.91. The molecule has 1 aliphatic carbocycles. The van der Waals surface area contributed by atoms with Crippen LogP contribution in [0.4, 0.5) is 4.79 Å². The summed E-state index contributed by atoms with van der Waals surface area (Å²) in [5.74, 6) is -0.143. The van der Waals surface area contributed by atoms with Gasteiger partial charge in [-0.25, -0.2) is 9.78 Å². The maximum Gasteiger partial charge on any atom is 0.325 e. The summed E-state index contributed by atoms with van der Waals surface area (Å²) in [5.41, 5.74) is 0.336. The van der Waals surface area contributed by atoms with E-state index >= 15 is 0 Å². The molecule has 0 atom stereocenters. The van der Waals surface area contributed by atoms with Gasteiger partial charge in [0.05, 0.1) is 16.8 Å². The van der Waals surface area contributed by atoms with Gasteiger partial charge in [-0.1, -0.05) is 25.0 Å². The quantitative estimate of drug-likeness (QED) is 0.719. The summed E-state index contributed by atoms with van der Waals surface area (Å²) in [4.78, 5) is 47.8. The fourth-order valence-electron chi connectivity index (χ4n) is 4.90. The molecule has 31 heavy (non-hydrogen) atoms. The number of carbonyl (C=O) groups is 3. The minimum absolute atomic E-state index is 0.00705. The van der Waals surface area contributed by atoms with Crippen molar-refractivity contribution in [1.82, 2.24) is 25.0 Å². The van der Waals surface area contributed by atoms with Crippen molar-refractivity contribution in [1.29, 1.82) is 0 Å². The lowest BCUT2D eigenvalue weighted by atomic mass is 9.98. The number of para-hydroxylation sites is 1. The van der Waals surface area contributed by atoms with Crippen LogP contribution in [0.1, 0.15) is 37.1 Å². The van der Waals surface area contributed by atoms with E-state index in [4.69, 9.17) is 4.98 Å². The number of imide groups is 1. The Bertz CT molecular complexity index is 974. The van der Waals surface area contributed by atoms with Crippen LogP contribution in [0.15, 0.2) is 24.3 Å². The van der Waals surface area contributed by atoms with Gasteiger partial charge in [-0.2, -0.15) is 0 Å². The minimum Gasteiger partial charge on any atom is -0.340 e. The molecule has 1 aromatic heterocycles. The predicted octanol–water partition coefficient (Wildman–Crippen LogP) is 2.20. The van der Waals surface area contributed by atoms with Gasteiger partial charge in [0.25, 0.3) is 5.91 Å². The molecule has 3 aliphatic rings. The minimum atomic E-state index is -0.702. The van der Waals surface area contributed by atoms with Crippen molar-refractivity contribution in [2.75, 3.05) is 32.7 Å². The number of nitrogens with one attached hydrogen (secondary N) is 1. The second-order valence-corrected chi connectivity index (χ2v) is 9.77. The van der Waals surface area contributed by atoms with Crippen LogP contribution in [0.5, 0.6) is 0 Å². The van der Waals surface area contributed by atoms with Crippen molar-refractivity contribution in [2.45, 2.75) is 44.2 Å². The van der Waals surface area contributed by atoms with Gasteiger partial charge >= 0.3 is 6.03 Å². The van der Waals surface area contributed by atoms with Gasteiger partial charge in [0.2, 0.25) is 5.91 Å². The van der Waals surface area contributed by atoms with Gasteiger partial charge in [-0.05, 0) is 25.0 Å². The van der Waals surface area contributed by atoms with Crippen LogP contribution >= 0.6 is 11.3 Å². The molecule has 0 radical (unpaired) electrons. The van der Waals surface area contributed by atoms with Crippen LogP contribution in [0.2, 0.25) is 0 Å². The van der Waals surface area contributed by atoms with Gasteiger partial charge < -0.3 is 10.2 Å². The van der Waals surface area contributed by atoms with E-state index in [-0.39, 0.29) is 30.8 Å². The Morgan fingerprint density at radius 2 is 1.84 bits per heavy atom. The Kier molecular flexibility index (Phi) is 5.39. The summed E-state index contributed by atoms with van der Waals surface area (Å²) in [7, 11) is 0. The molecule has 2 saturated heterocycles. The maximum atomic E-state index is 12.7. The molecular formula is C22H27N5O3S. The zero-order valence-corrected chi connectivity index (χ0v) is 18.3. The molecule has 9 heteroatoms. The average Bonchev–Trinajstić information content (AvgIpc) is 3.46. The number of aromatic nitrogens is 1. The first kappa shape index (κ1) is 20.4. The number of amides is 4. The highest BCUT2D eigenvalue weighted by Crippen LogP contribution is 2.35. The van der Waals surface area contributed by atoms with E-state index in [1.165, 1.54) is 9.60 Å². The molecule has 0 unspecified atom stereocenters. The summed E-state index contributed by atoms with van der Waals surface area (Å²) in [5, 5.41) is 3.97. The molecule has 1 spiro atoms. The Morgan fingerprint density at radius 3 is 2.58 bits per heavy atom. The third kappa shape index (κ3) is 3.92. The predicted molar refractivity (Wildman–Crippen MR) is 118 cm³/mol. The molecule has 1 saturated carbocycles. The van der Waals surface area contributed by atoms with Crippen molar-refractivity contribution in [3.05, 3.63) is 29.3 Å². The number of benzene rings is 1. The van der Waals surface area contributed by atoms with Crippen molar-refractivity contribution in [3.63, 3.8) is 0 Å². The summed E-state index contributed by atoms with van der Waals surface area (Å²) in [6, 6.07) is 7.81. The number of nitrogens with zero attached hydrogens (tertiary/aromatic N) is 4. The first-order valence-electron chi connectivity index (χ1n) is 11.0. The van der Waals surface area contributed by atoms with Crippen LogP contribution in [-0.2, 0) is 16.1 Å². The van der Waals surface area contributed by atoms with Crippen molar-refractivity contribution >= 4 is 39.4 Å². The van der Waals surface area contributed by atoms with Crippen LogP contribution in [0.25, 0.3) is 10.2 Å². The van der Waals surface area contributed by atoms with E-state index < -0.39 is 5.54 Å². The molecule has 8 nitrogen and oxygen atoms in total. The summed E-state index contributed by atoms with van der Waals surface area (Å²) < 4.78 is 1.20. The number of carbonyl (C=O) groups excluding carboxylic acids is 3. The Balaban J connectivity index is 1.10. The average molecular weight is 442 g/mol. The van der Waals surface area contributed by atoms with Crippen LogP contribution < -0.4 is 5.32 Å². The molecule has 2 aromatic rings. The molecule has 0 bridgehead atoms. The topological polar surface area (TPSA) is 85.8 Å². The van der Waals surface area contributed by atoms with E-state index in [0.717, 1.165) is 43.0 Å². The Hall–Kier alpha value is -2.52. The molecule has 2 aliphatic heterocycles. The molecule has 164 valence electrons. The zero-order chi connectivity index (χ0) is 21.4. The zero-order valence-electron chi connectivity index (χ0n) is 17.5. The van der Waals surface area contributed by atoms with E-state index in [0.29, 0.717) is 25.9 Å². The second-order valence-electron chi connectivity index (χ2n) is 8.66. The number of piperazine rings is 1. The van der Waals surface area contributed by atoms with Gasteiger partial charge in [-0.15, -0.1) is 11.3 Å². The summed E-state index contributed by atoms with van der Waals surface area (Å²) in [6.45, 7) is 3.88. The van der Waals surface area contributed by atoms with Gasteiger partial charge in [0, 0.05) is 39.1 Å². The highest BCUT2D eigenvalue weighted by molar-refractivity contribution is 7.18. The lowest BCUT2D eigenvalue weighted by Crippen LogP contribution is -2.49. The summed E-state index contributed by atoms with van der Waals surface area (Å²) >= 11 is 1.72. The van der Waals surface area contributed by atoms with E-state index in [1.54, 1.807) is 11.3 Å². The number of thiazole rings is 1. The Labute approximate surface area is 185 Å². The second kappa shape index (κ2) is 8.20. The standard InChI is InChI=1S/C22H27N5O3S/c28-19(7-10-27-20(29)22(24-21(27)30)8-3-4-9-22)26-13-11-25(12-14-26)15-18-23-16-5-1-2-6-17(16)31-18/h1-2,5-6H,3-4,7-15H2,(H,24,30). The molecule has 5 rings (SSSR count). The molecule has 3 fully saturated rings. The number of rotatable bonds is 5. The van der Waals surface area contributed by atoms with Gasteiger partial charge in [0.1, 0.15) is 10.5 Å². The highest BCUT2D eigenvalue weighted by Gasteiger charge is 2.52. The lowest BCUT2D eigenvalue weighted by molar-refractivity contribution is -0.134. The number of fused-ring (bicyclic) bond motifs is 1. The molecule has 1 N–H and O–H groups in total. The highest BCUT2D eigenvalue weighted by atomic mass is 32.1. The first-order chi connectivity index (χ1) is 15.0. The van der Waals surface area contributed by atoms with Crippen molar-refractivity contribution < 1.29 is 14.4 Å². The van der Waals surface area contributed by atoms with Crippen molar-refractivity contribution in [2.24, 2.45) is 0 Å². The maximum absolute atomic E-state index is 12.7. The fraction of sp³-hybridized carbons (Fsp3) is 0.545. The van der Waals surface area contributed by atoms with Gasteiger partial charge in [-0.3, -0.25) is 19.4 Å². The lowest BCUT2D eigenvalue weighted by Gasteiger charge is -2.34. The van der Waals surface area contributed by atoms with Crippen LogP contribution in [0.3, 0.4) is 0 Å². The number of hydrogen-bond donors (Lipinski definition) is 1. The molecular weight excluding hydrogens is 414 g/mol. The monoisotopic (exact) mass is 441 g/mol.